The fraction of sp³-hybridized carbons (Fsp3) is 0.647. The zero-order chi connectivity index (χ0) is 22.7. The fourth-order valence-electron chi connectivity index (χ4n) is 2.83. The Morgan fingerprint density at radius 2 is 2.20 bits per heavy atom. The molecule has 1 amide bonds. The normalized spacial score (nSPS) is 31.2. The third-order valence-electron chi connectivity index (χ3n) is 4.47. The minimum atomic E-state index is -3.75. The Hall–Kier alpha value is -1.27. The second-order valence-corrected chi connectivity index (χ2v) is 10.6. The number of thioether (sulfide) groups is 1. The average molecular weight is 467 g/mol. The van der Waals surface area contributed by atoms with Crippen molar-refractivity contribution in [2.45, 2.75) is 38.0 Å². The van der Waals surface area contributed by atoms with Gasteiger partial charge in [-0.2, -0.15) is 0 Å². The van der Waals surface area contributed by atoms with Crippen LogP contribution in [0, 0.1) is 0 Å². The van der Waals surface area contributed by atoms with E-state index in [1.807, 2.05) is 0 Å². The third-order valence-corrected chi connectivity index (χ3v) is 7.21. The van der Waals surface area contributed by atoms with E-state index in [9.17, 15) is 19.3 Å². The van der Waals surface area contributed by atoms with Gasteiger partial charge in [0.2, 0.25) is 0 Å². The van der Waals surface area contributed by atoms with E-state index >= 15 is 4.39 Å². The van der Waals surface area contributed by atoms with E-state index in [2.05, 4.69) is 11.9 Å². The van der Waals surface area contributed by atoms with Crippen LogP contribution in [-0.4, -0.2) is 82.9 Å². The van der Waals surface area contributed by atoms with Gasteiger partial charge in [-0.05, 0) is 21.0 Å². The number of aliphatic hydroxyl groups is 1. The summed E-state index contributed by atoms with van der Waals surface area (Å²) in [5.74, 6) is -0.0311. The van der Waals surface area contributed by atoms with Gasteiger partial charge >= 0.3 is 7.75 Å². The number of ether oxygens (including phenoxy) is 1. The molecule has 0 saturated carbocycles. The molecule has 2 heterocycles. The van der Waals surface area contributed by atoms with Crippen molar-refractivity contribution in [3.8, 4) is 0 Å². The van der Waals surface area contributed by atoms with Crippen LogP contribution in [0.25, 0.3) is 0 Å². The fourth-order valence-corrected chi connectivity index (χ4v) is 4.60. The molecule has 2 unspecified atom stereocenters. The highest BCUT2D eigenvalue weighted by Crippen LogP contribution is 2.51. The molecule has 0 aliphatic carbocycles. The molecule has 13 heteroatoms. The van der Waals surface area contributed by atoms with Crippen molar-refractivity contribution in [2.75, 3.05) is 33.1 Å². The van der Waals surface area contributed by atoms with Gasteiger partial charge < -0.3 is 20.1 Å². The Bertz CT molecular complexity index is 764. The maximum Gasteiger partial charge on any atom is 0.407 e. The number of aliphatic hydroxyl groups excluding tert-OH is 1. The molecule has 10 nitrogen and oxygen atoms in total. The second kappa shape index (κ2) is 9.90. The topological polar surface area (TPSA) is 118 Å². The molecule has 1 saturated heterocycles. The lowest BCUT2D eigenvalue weighted by atomic mass is 9.98. The third kappa shape index (κ3) is 5.70. The number of amides is 1. The van der Waals surface area contributed by atoms with Crippen LogP contribution in [0.1, 0.15) is 13.8 Å². The lowest BCUT2D eigenvalue weighted by Gasteiger charge is -2.35. The Morgan fingerprint density at radius 1 is 1.53 bits per heavy atom. The lowest BCUT2D eigenvalue weighted by Crippen LogP contribution is -2.51. The van der Waals surface area contributed by atoms with Crippen LogP contribution >= 0.6 is 19.5 Å². The molecule has 2 rings (SSSR count). The van der Waals surface area contributed by atoms with Gasteiger partial charge in [-0.15, -0.1) is 0 Å². The molecule has 5 atom stereocenters. The maximum absolute atomic E-state index is 15.3. The van der Waals surface area contributed by atoms with Gasteiger partial charge in [0.05, 0.1) is 13.2 Å². The number of hydrogen-bond donors (Lipinski definition) is 2. The summed E-state index contributed by atoms with van der Waals surface area (Å²) in [6.07, 6.45) is -1.58. The predicted octanol–water partition coefficient (Wildman–Crippen LogP) is 1.20. The summed E-state index contributed by atoms with van der Waals surface area (Å²) >= 11 is 1.02. The Morgan fingerprint density at radius 3 is 2.77 bits per heavy atom. The highest BCUT2D eigenvalue weighted by molar-refractivity contribution is 8.13. The second-order valence-electron chi connectivity index (χ2n) is 7.07. The zero-order valence-corrected chi connectivity index (χ0v) is 19.0. The molecule has 2 aliphatic heterocycles. The number of hydrogen-bond acceptors (Lipinski definition) is 9. The number of alkyl halides is 1. The summed E-state index contributed by atoms with van der Waals surface area (Å²) in [5.41, 5.74) is -2.25. The minimum Gasteiger partial charge on any atom is -0.387 e. The van der Waals surface area contributed by atoms with Crippen molar-refractivity contribution < 1.29 is 37.4 Å². The molecule has 2 aliphatic rings. The van der Waals surface area contributed by atoms with Crippen molar-refractivity contribution in [2.24, 2.45) is 0 Å². The van der Waals surface area contributed by atoms with E-state index in [0.717, 1.165) is 18.7 Å². The van der Waals surface area contributed by atoms with Crippen LogP contribution in [0.15, 0.2) is 24.7 Å². The summed E-state index contributed by atoms with van der Waals surface area (Å²) in [4.78, 5) is 23.6. The molecule has 0 aromatic rings. The minimum absolute atomic E-state index is 0.00464. The molecular formula is C17H27FN3O7PS. The summed E-state index contributed by atoms with van der Waals surface area (Å²) in [6.45, 7) is 5.80. The Labute approximate surface area is 179 Å². The van der Waals surface area contributed by atoms with E-state index in [1.165, 1.54) is 42.9 Å². The van der Waals surface area contributed by atoms with Gasteiger partial charge in [-0.1, -0.05) is 18.3 Å². The van der Waals surface area contributed by atoms with Crippen molar-refractivity contribution in [3.63, 3.8) is 0 Å². The first-order valence-electron chi connectivity index (χ1n) is 9.07. The van der Waals surface area contributed by atoms with Gasteiger partial charge in [0.25, 0.3) is 5.91 Å². The molecule has 0 radical (unpaired) electrons. The molecule has 0 spiro atoms. The van der Waals surface area contributed by atoms with Gasteiger partial charge in [-0.3, -0.25) is 18.6 Å². The molecule has 0 aromatic heterocycles. The maximum atomic E-state index is 15.3. The smallest absolute Gasteiger partial charge is 0.387 e. The van der Waals surface area contributed by atoms with Crippen molar-refractivity contribution in [1.29, 1.82) is 0 Å². The van der Waals surface area contributed by atoms with E-state index in [0.29, 0.717) is 5.75 Å². The van der Waals surface area contributed by atoms with E-state index in [4.69, 9.17) is 13.8 Å². The van der Waals surface area contributed by atoms with Crippen molar-refractivity contribution >= 4 is 30.5 Å². The number of carbonyl (C=O) groups excluding carboxylic acids is 2. The molecule has 1 fully saturated rings. The van der Waals surface area contributed by atoms with Crippen LogP contribution in [0.3, 0.4) is 0 Å². The van der Waals surface area contributed by atoms with Crippen molar-refractivity contribution in [1.82, 2.24) is 14.9 Å². The van der Waals surface area contributed by atoms with Gasteiger partial charge in [0.15, 0.2) is 17.0 Å². The summed E-state index contributed by atoms with van der Waals surface area (Å²) in [5, 5.41) is 12.8. The van der Waals surface area contributed by atoms with Crippen LogP contribution in [0.2, 0.25) is 0 Å². The molecule has 30 heavy (non-hydrogen) atoms. The largest absolute Gasteiger partial charge is 0.407 e. The van der Waals surface area contributed by atoms with Crippen LogP contribution in [-0.2, 0) is 27.9 Å². The molecule has 2 N–H and O–H groups in total. The van der Waals surface area contributed by atoms with E-state index in [-0.39, 0.29) is 17.5 Å². The van der Waals surface area contributed by atoms with Gasteiger partial charge in [0, 0.05) is 25.0 Å². The monoisotopic (exact) mass is 467 g/mol. The lowest BCUT2D eigenvalue weighted by molar-refractivity contribution is -0.119. The average Bonchev–Trinajstić information content (AvgIpc) is 2.87. The standard InChI is InChI=1S/C17H27FN3O7PS/c1-11-19-14(23)6-7-21(11)16-17(3,18)15(24)13(28-16)10-27-29(25,20(4)5)26-8-9-30-12(2)22/h6-7,13,15-16,24H,1,8-10H2,2-5H3,(H,19,23)/t13-,15?,16-,17+,29?/m1/s1. The number of halogens is 1. The van der Waals surface area contributed by atoms with Crippen molar-refractivity contribution in [3.05, 3.63) is 24.7 Å². The predicted molar refractivity (Wildman–Crippen MR) is 109 cm³/mol. The number of carbonyl (C=O) groups is 2. The first-order valence-corrected chi connectivity index (χ1v) is 11.6. The Kier molecular flexibility index (Phi) is 8.25. The molecule has 0 bridgehead atoms. The molecular weight excluding hydrogens is 440 g/mol. The first kappa shape index (κ1) is 25.0. The highest BCUT2D eigenvalue weighted by atomic mass is 32.2. The quantitative estimate of drug-likeness (QED) is 0.378. The number of nitrogens with zero attached hydrogens (tertiary/aromatic N) is 2. The van der Waals surface area contributed by atoms with E-state index < -0.39 is 44.4 Å². The number of rotatable bonds is 9. The van der Waals surface area contributed by atoms with Crippen LogP contribution in [0.5, 0.6) is 0 Å². The van der Waals surface area contributed by atoms with Gasteiger partial charge in [-0.25, -0.2) is 13.6 Å². The van der Waals surface area contributed by atoms with Crippen LogP contribution < -0.4 is 5.32 Å². The molecule has 170 valence electrons. The highest BCUT2D eigenvalue weighted by Gasteiger charge is 2.57. The zero-order valence-electron chi connectivity index (χ0n) is 17.2. The number of nitrogens with one attached hydrogen (secondary N) is 1. The van der Waals surface area contributed by atoms with E-state index in [1.54, 1.807) is 0 Å². The molecule has 0 aromatic carbocycles. The summed E-state index contributed by atoms with van der Waals surface area (Å²) in [7, 11) is -0.783. The first-order chi connectivity index (χ1) is 13.9. The summed E-state index contributed by atoms with van der Waals surface area (Å²) < 4.78 is 45.8. The van der Waals surface area contributed by atoms with Gasteiger partial charge in [0.1, 0.15) is 18.0 Å². The summed E-state index contributed by atoms with van der Waals surface area (Å²) in [6, 6.07) is 0. The SMILES string of the molecule is C=C1NC(=O)C=CN1[C@@H]1O[C@H](COP(=O)(OCCSC(C)=O)N(C)C)C(O)[C@]1(C)F. The Balaban J connectivity index is 2.04. The van der Waals surface area contributed by atoms with Crippen LogP contribution in [0.4, 0.5) is 4.39 Å².